The largest absolute Gasteiger partial charge is 0.478 e. The van der Waals surface area contributed by atoms with Gasteiger partial charge in [-0.15, -0.1) is 0 Å². The third-order valence-corrected chi connectivity index (χ3v) is 7.46. The highest BCUT2D eigenvalue weighted by Crippen LogP contribution is 2.46. The average Bonchev–Trinajstić information content (AvgIpc) is 2.89. The van der Waals surface area contributed by atoms with Crippen molar-refractivity contribution >= 4 is 28.7 Å². The number of nitrogens with one attached hydrogen (secondary N) is 1. The molecular weight excluding hydrogens is 438 g/mol. The zero-order chi connectivity index (χ0) is 23.9. The van der Waals surface area contributed by atoms with Gasteiger partial charge in [0.2, 0.25) is 0 Å². The minimum Gasteiger partial charge on any atom is -0.478 e. The van der Waals surface area contributed by atoms with Crippen molar-refractivity contribution in [3.05, 3.63) is 76.9 Å². The van der Waals surface area contributed by atoms with Gasteiger partial charge >= 0.3 is 0 Å². The van der Waals surface area contributed by atoms with E-state index in [1.165, 1.54) is 19.3 Å². The quantitative estimate of drug-likeness (QED) is 0.529. The molecule has 0 aromatic heterocycles. The number of likely N-dealkylation sites (tertiary alicyclic amines) is 1. The van der Waals surface area contributed by atoms with E-state index in [0.29, 0.717) is 52.0 Å². The van der Waals surface area contributed by atoms with E-state index in [0.717, 1.165) is 25.2 Å². The number of nitrogens with zero attached hydrogens (tertiary/aromatic N) is 2. The number of aliphatic imine (C=N–C) groups is 1. The van der Waals surface area contributed by atoms with Gasteiger partial charge in [-0.25, -0.2) is 4.99 Å². The van der Waals surface area contributed by atoms with Gasteiger partial charge in [-0.05, 0) is 44.9 Å². The van der Waals surface area contributed by atoms with Crippen LogP contribution in [0.2, 0.25) is 0 Å². The van der Waals surface area contributed by atoms with Gasteiger partial charge in [0.1, 0.15) is 11.4 Å². The maximum absolute atomic E-state index is 13.7. The molecule has 1 saturated heterocycles. The van der Waals surface area contributed by atoms with Crippen molar-refractivity contribution in [2.45, 2.75) is 44.8 Å². The van der Waals surface area contributed by atoms with Gasteiger partial charge in [0, 0.05) is 42.0 Å². The second-order valence-corrected chi connectivity index (χ2v) is 9.70. The van der Waals surface area contributed by atoms with Crippen LogP contribution in [0.5, 0.6) is 5.75 Å². The number of carbonyl (C=O) groups excluding carboxylic acids is 2. The van der Waals surface area contributed by atoms with Crippen LogP contribution in [-0.2, 0) is 0 Å². The summed E-state index contributed by atoms with van der Waals surface area (Å²) >= 11 is 0. The molecule has 35 heavy (non-hydrogen) atoms. The van der Waals surface area contributed by atoms with E-state index >= 15 is 0 Å². The van der Waals surface area contributed by atoms with Crippen molar-refractivity contribution < 1.29 is 14.3 Å². The van der Waals surface area contributed by atoms with Crippen molar-refractivity contribution in [2.75, 3.05) is 25.0 Å². The van der Waals surface area contributed by atoms with Crippen LogP contribution in [0.15, 0.2) is 59.6 Å². The predicted octanol–water partition coefficient (Wildman–Crippen LogP) is 5.10. The lowest BCUT2D eigenvalue weighted by molar-refractivity contribution is 0.0979. The van der Waals surface area contributed by atoms with Crippen LogP contribution in [0.4, 0.5) is 11.4 Å². The molecule has 6 rings (SSSR count). The number of piperidine rings is 1. The Morgan fingerprint density at radius 2 is 1.89 bits per heavy atom. The minimum atomic E-state index is -0.291. The number of ether oxygens (including phenoxy) is 1. The van der Waals surface area contributed by atoms with Crippen LogP contribution in [0.3, 0.4) is 0 Å². The Hall–Kier alpha value is -3.51. The van der Waals surface area contributed by atoms with Crippen molar-refractivity contribution in [1.29, 1.82) is 0 Å². The number of anilines is 1. The summed E-state index contributed by atoms with van der Waals surface area (Å²) in [6, 6.07) is 9.50. The van der Waals surface area contributed by atoms with Gasteiger partial charge in [0.25, 0.3) is 0 Å². The molecule has 0 saturated carbocycles. The van der Waals surface area contributed by atoms with Crippen molar-refractivity contribution in [2.24, 2.45) is 4.99 Å². The molecule has 1 fully saturated rings. The molecule has 178 valence electrons. The van der Waals surface area contributed by atoms with Crippen molar-refractivity contribution in [1.82, 2.24) is 4.90 Å². The minimum absolute atomic E-state index is 0.147. The molecule has 2 aliphatic heterocycles. The number of rotatable bonds is 5. The topological polar surface area (TPSA) is 71.0 Å². The zero-order valence-corrected chi connectivity index (χ0v) is 19.9. The Bertz CT molecular complexity index is 1310. The summed E-state index contributed by atoms with van der Waals surface area (Å²) in [5, 5.41) is 3.47. The highest BCUT2D eigenvalue weighted by atomic mass is 16.5. The molecule has 6 heteroatoms. The molecule has 1 unspecified atom stereocenters. The Kier molecular flexibility index (Phi) is 5.61. The fourth-order valence-electron chi connectivity index (χ4n) is 5.57. The van der Waals surface area contributed by atoms with E-state index in [9.17, 15) is 9.59 Å². The van der Waals surface area contributed by atoms with Gasteiger partial charge in [-0.2, -0.15) is 0 Å². The zero-order valence-electron chi connectivity index (χ0n) is 19.9. The average molecular weight is 468 g/mol. The Morgan fingerprint density at radius 3 is 2.69 bits per heavy atom. The molecule has 4 aliphatic rings. The van der Waals surface area contributed by atoms with E-state index < -0.39 is 0 Å². The second-order valence-electron chi connectivity index (χ2n) is 9.70. The van der Waals surface area contributed by atoms with Gasteiger partial charge in [0.05, 0.1) is 16.8 Å². The molecule has 0 radical (unpaired) electrons. The van der Waals surface area contributed by atoms with Gasteiger partial charge in [-0.3, -0.25) is 9.59 Å². The van der Waals surface area contributed by atoms with Crippen LogP contribution in [-0.4, -0.2) is 54.0 Å². The van der Waals surface area contributed by atoms with Crippen molar-refractivity contribution in [3.63, 3.8) is 0 Å². The summed E-state index contributed by atoms with van der Waals surface area (Å²) in [5.74, 6) is 0.204. The summed E-state index contributed by atoms with van der Waals surface area (Å²) in [7, 11) is 0. The number of carbonyl (C=O) groups is 2. The SMILES string of the molecule is C[C@@H]1CCCCN1CCCNc1cc2c(c3c1C(=O)c1ccccc1C3=O)N=C1C=CC=CC1O2. The number of hydrogen-bond acceptors (Lipinski definition) is 6. The number of hydrogen-bond donors (Lipinski definition) is 1. The standard InChI is InChI=1S/C29H29N3O3/c1-18-9-6-7-15-32(18)16-8-14-30-22-17-24-27(31-21-12-4-5-13-23(21)35-24)26-25(22)28(33)19-10-2-3-11-20(19)29(26)34/h2-5,10-13,17-18,23,30H,6-9,14-16H2,1H3/t18-,23?/m1/s1. The van der Waals surface area contributed by atoms with E-state index in [-0.39, 0.29) is 17.7 Å². The van der Waals surface area contributed by atoms with Crippen LogP contribution >= 0.6 is 0 Å². The Labute approximate surface area is 205 Å². The number of ketones is 2. The van der Waals surface area contributed by atoms with Crippen LogP contribution in [0, 0.1) is 0 Å². The lowest BCUT2D eigenvalue weighted by Crippen LogP contribution is -2.38. The highest BCUT2D eigenvalue weighted by Gasteiger charge is 2.37. The van der Waals surface area contributed by atoms with Gasteiger partial charge in [-0.1, -0.05) is 42.8 Å². The number of allylic oxidation sites excluding steroid dienone is 2. The molecule has 2 atom stereocenters. The normalized spacial score (nSPS) is 22.5. The first-order valence-electron chi connectivity index (χ1n) is 12.6. The molecule has 0 bridgehead atoms. The first kappa shape index (κ1) is 22.0. The summed E-state index contributed by atoms with van der Waals surface area (Å²) in [6.07, 6.45) is 12.1. The lowest BCUT2D eigenvalue weighted by atomic mass is 9.81. The van der Waals surface area contributed by atoms with Gasteiger partial charge in [0.15, 0.2) is 17.7 Å². The lowest BCUT2D eigenvalue weighted by Gasteiger charge is -2.33. The summed E-state index contributed by atoms with van der Waals surface area (Å²) in [6.45, 7) is 5.17. The first-order valence-corrected chi connectivity index (χ1v) is 12.6. The van der Waals surface area contributed by atoms with E-state index in [4.69, 9.17) is 9.73 Å². The highest BCUT2D eigenvalue weighted by molar-refractivity contribution is 6.32. The third kappa shape index (κ3) is 3.82. The number of benzene rings is 2. The maximum atomic E-state index is 13.7. The molecule has 6 nitrogen and oxygen atoms in total. The molecule has 0 amide bonds. The predicted molar refractivity (Wildman–Crippen MR) is 138 cm³/mol. The van der Waals surface area contributed by atoms with E-state index in [2.05, 4.69) is 17.1 Å². The Balaban J connectivity index is 1.36. The smallest absolute Gasteiger partial charge is 0.196 e. The van der Waals surface area contributed by atoms with E-state index in [1.54, 1.807) is 24.3 Å². The summed E-state index contributed by atoms with van der Waals surface area (Å²) in [4.78, 5) is 34.7. The molecule has 0 spiro atoms. The molecule has 2 aromatic carbocycles. The maximum Gasteiger partial charge on any atom is 0.196 e. The van der Waals surface area contributed by atoms with Gasteiger partial charge < -0.3 is 15.0 Å². The van der Waals surface area contributed by atoms with E-state index in [1.807, 2.05) is 30.4 Å². The summed E-state index contributed by atoms with van der Waals surface area (Å²) < 4.78 is 6.25. The number of fused-ring (bicyclic) bond motifs is 5. The third-order valence-electron chi connectivity index (χ3n) is 7.46. The molecule has 2 aliphatic carbocycles. The summed E-state index contributed by atoms with van der Waals surface area (Å²) in [5.41, 5.74) is 3.44. The van der Waals surface area contributed by atoms with Crippen LogP contribution in [0.1, 0.15) is 64.4 Å². The fraction of sp³-hybridized carbons (Fsp3) is 0.345. The second kappa shape index (κ2) is 8.93. The van der Waals surface area contributed by atoms with Crippen molar-refractivity contribution in [3.8, 4) is 5.75 Å². The Morgan fingerprint density at radius 1 is 1.09 bits per heavy atom. The molecule has 1 N–H and O–H groups in total. The van der Waals surface area contributed by atoms with Crippen LogP contribution in [0.25, 0.3) is 0 Å². The monoisotopic (exact) mass is 467 g/mol. The first-order chi connectivity index (χ1) is 17.1. The van der Waals surface area contributed by atoms with Crippen LogP contribution < -0.4 is 10.1 Å². The molecular formula is C29H29N3O3. The fourth-order valence-corrected chi connectivity index (χ4v) is 5.57. The molecule has 2 aromatic rings. The molecule has 2 heterocycles.